The number of aliphatic hydroxyl groups excluding tert-OH is 1. The second kappa shape index (κ2) is 8.06. The molecule has 0 aromatic heterocycles. The molecule has 1 aromatic carbocycles. The Morgan fingerprint density at radius 2 is 1.81 bits per heavy atom. The molecule has 1 aliphatic carbocycles. The zero-order valence-electron chi connectivity index (χ0n) is 15.2. The molecule has 2 fully saturated rings. The van der Waals surface area contributed by atoms with Gasteiger partial charge in [0.25, 0.3) is 5.91 Å². The zero-order valence-corrected chi connectivity index (χ0v) is 16.0. The van der Waals surface area contributed by atoms with Crippen LogP contribution in [0, 0.1) is 0 Å². The van der Waals surface area contributed by atoms with Crippen molar-refractivity contribution in [2.45, 2.75) is 70.2 Å². The first kappa shape index (κ1) is 19.3. The molecule has 26 heavy (non-hydrogen) atoms. The Morgan fingerprint density at radius 3 is 2.42 bits per heavy atom. The van der Waals surface area contributed by atoms with Gasteiger partial charge < -0.3 is 10.4 Å². The van der Waals surface area contributed by atoms with Gasteiger partial charge in [0.1, 0.15) is 0 Å². The standard InChI is InChI=1S/C19H28N2O4S/c1-14-3-2-12-26(24,25)21(14)13-15-4-6-16(7-5-15)19(23)20-17-8-10-18(22)11-9-17/h4-7,14,17-18,22H,2-3,8-13H2,1H3,(H,20,23). The summed E-state index contributed by atoms with van der Waals surface area (Å²) in [5, 5.41) is 12.6. The van der Waals surface area contributed by atoms with Crippen molar-refractivity contribution in [3.63, 3.8) is 0 Å². The highest BCUT2D eigenvalue weighted by Crippen LogP contribution is 2.23. The minimum atomic E-state index is -3.19. The Balaban J connectivity index is 1.60. The van der Waals surface area contributed by atoms with Gasteiger partial charge in [0.2, 0.25) is 10.0 Å². The summed E-state index contributed by atoms with van der Waals surface area (Å²) in [5.74, 6) is 0.102. The number of nitrogens with zero attached hydrogens (tertiary/aromatic N) is 1. The van der Waals surface area contributed by atoms with E-state index in [-0.39, 0.29) is 29.8 Å². The van der Waals surface area contributed by atoms with Crippen molar-refractivity contribution >= 4 is 15.9 Å². The molecular formula is C19H28N2O4S. The first-order valence-corrected chi connectivity index (χ1v) is 11.0. The third-order valence-electron chi connectivity index (χ3n) is 5.46. The van der Waals surface area contributed by atoms with Crippen LogP contribution >= 0.6 is 0 Å². The highest BCUT2D eigenvalue weighted by Gasteiger charge is 2.31. The molecule has 1 saturated carbocycles. The molecule has 3 rings (SSSR count). The van der Waals surface area contributed by atoms with E-state index in [9.17, 15) is 18.3 Å². The second-order valence-corrected chi connectivity index (χ2v) is 9.57. The Morgan fingerprint density at radius 1 is 1.15 bits per heavy atom. The van der Waals surface area contributed by atoms with Gasteiger partial charge in [-0.25, -0.2) is 8.42 Å². The predicted molar refractivity (Wildman–Crippen MR) is 100 cm³/mol. The lowest BCUT2D eigenvalue weighted by molar-refractivity contribution is 0.0867. The van der Waals surface area contributed by atoms with Crippen LogP contribution in [0.15, 0.2) is 24.3 Å². The maximum absolute atomic E-state index is 12.4. The minimum absolute atomic E-state index is 0.0124. The van der Waals surface area contributed by atoms with E-state index in [0.29, 0.717) is 12.1 Å². The summed E-state index contributed by atoms with van der Waals surface area (Å²) in [6.07, 6.45) is 4.42. The van der Waals surface area contributed by atoms with Crippen LogP contribution in [-0.4, -0.2) is 47.7 Å². The lowest BCUT2D eigenvalue weighted by Crippen LogP contribution is -2.43. The average Bonchev–Trinajstić information content (AvgIpc) is 2.60. The molecule has 1 saturated heterocycles. The van der Waals surface area contributed by atoms with E-state index in [0.717, 1.165) is 44.1 Å². The van der Waals surface area contributed by atoms with Gasteiger partial charge in [0.15, 0.2) is 0 Å². The Hall–Kier alpha value is -1.44. The molecule has 1 unspecified atom stereocenters. The van der Waals surface area contributed by atoms with E-state index >= 15 is 0 Å². The van der Waals surface area contributed by atoms with Gasteiger partial charge in [-0.15, -0.1) is 0 Å². The third-order valence-corrected chi connectivity index (χ3v) is 7.47. The van der Waals surface area contributed by atoms with E-state index in [1.807, 2.05) is 19.1 Å². The average molecular weight is 381 g/mol. The Kier molecular flexibility index (Phi) is 5.99. The van der Waals surface area contributed by atoms with Gasteiger partial charge >= 0.3 is 0 Å². The van der Waals surface area contributed by atoms with Crippen molar-refractivity contribution in [2.24, 2.45) is 0 Å². The summed E-state index contributed by atoms with van der Waals surface area (Å²) in [5.41, 5.74) is 1.47. The number of nitrogens with one attached hydrogen (secondary N) is 1. The fourth-order valence-corrected chi connectivity index (χ4v) is 5.55. The van der Waals surface area contributed by atoms with Gasteiger partial charge in [0.05, 0.1) is 11.9 Å². The van der Waals surface area contributed by atoms with Gasteiger partial charge in [-0.05, 0) is 63.1 Å². The van der Waals surface area contributed by atoms with Crippen LogP contribution in [0.4, 0.5) is 0 Å². The number of rotatable bonds is 4. The molecule has 1 aromatic rings. The number of carbonyl (C=O) groups excluding carboxylic acids is 1. The van der Waals surface area contributed by atoms with Crippen LogP contribution in [0.2, 0.25) is 0 Å². The largest absolute Gasteiger partial charge is 0.393 e. The Labute approximate surface area is 155 Å². The summed E-state index contributed by atoms with van der Waals surface area (Å²) >= 11 is 0. The first-order chi connectivity index (χ1) is 12.3. The maximum Gasteiger partial charge on any atom is 0.251 e. The number of benzene rings is 1. The normalized spacial score (nSPS) is 29.2. The molecule has 0 bridgehead atoms. The van der Waals surface area contributed by atoms with Crippen LogP contribution < -0.4 is 5.32 Å². The topological polar surface area (TPSA) is 86.7 Å². The van der Waals surface area contributed by atoms with E-state index in [1.165, 1.54) is 0 Å². The zero-order chi connectivity index (χ0) is 18.7. The highest BCUT2D eigenvalue weighted by molar-refractivity contribution is 7.89. The molecule has 7 heteroatoms. The van der Waals surface area contributed by atoms with Crippen LogP contribution in [-0.2, 0) is 16.6 Å². The highest BCUT2D eigenvalue weighted by atomic mass is 32.2. The summed E-state index contributed by atoms with van der Waals surface area (Å²) in [6, 6.07) is 7.29. The number of carbonyl (C=O) groups is 1. The van der Waals surface area contributed by atoms with Crippen LogP contribution in [0.25, 0.3) is 0 Å². The van der Waals surface area contributed by atoms with Crippen LogP contribution in [0.1, 0.15) is 61.4 Å². The molecule has 1 amide bonds. The number of hydrogen-bond donors (Lipinski definition) is 2. The molecule has 1 atom stereocenters. The molecular weight excluding hydrogens is 352 g/mol. The van der Waals surface area contributed by atoms with Crippen molar-refractivity contribution in [1.82, 2.24) is 9.62 Å². The Bertz CT molecular complexity index is 724. The minimum Gasteiger partial charge on any atom is -0.393 e. The summed E-state index contributed by atoms with van der Waals surface area (Å²) in [7, 11) is -3.19. The van der Waals surface area contributed by atoms with E-state index in [2.05, 4.69) is 5.32 Å². The summed E-state index contributed by atoms with van der Waals surface area (Å²) in [4.78, 5) is 12.4. The van der Waals surface area contributed by atoms with Crippen molar-refractivity contribution in [2.75, 3.05) is 5.75 Å². The number of sulfonamides is 1. The van der Waals surface area contributed by atoms with Crippen LogP contribution in [0.5, 0.6) is 0 Å². The number of amides is 1. The van der Waals surface area contributed by atoms with Gasteiger partial charge in [-0.2, -0.15) is 4.31 Å². The fraction of sp³-hybridized carbons (Fsp3) is 0.632. The first-order valence-electron chi connectivity index (χ1n) is 9.42. The van der Waals surface area contributed by atoms with Crippen molar-refractivity contribution in [1.29, 1.82) is 0 Å². The summed E-state index contributed by atoms with van der Waals surface area (Å²) in [6.45, 7) is 2.30. The lowest BCUT2D eigenvalue weighted by Gasteiger charge is -2.32. The quantitative estimate of drug-likeness (QED) is 0.837. The van der Waals surface area contributed by atoms with Crippen molar-refractivity contribution in [3.8, 4) is 0 Å². The molecule has 6 nitrogen and oxygen atoms in total. The SMILES string of the molecule is CC1CCCS(=O)(=O)N1Cc1ccc(C(=O)NC2CCC(O)CC2)cc1. The third kappa shape index (κ3) is 4.64. The molecule has 2 N–H and O–H groups in total. The van der Waals surface area contributed by atoms with Gasteiger partial charge in [-0.1, -0.05) is 12.1 Å². The lowest BCUT2D eigenvalue weighted by atomic mass is 9.93. The molecule has 0 spiro atoms. The molecule has 0 radical (unpaired) electrons. The molecule has 2 aliphatic rings. The van der Waals surface area contributed by atoms with Crippen molar-refractivity contribution in [3.05, 3.63) is 35.4 Å². The van der Waals surface area contributed by atoms with E-state index < -0.39 is 10.0 Å². The van der Waals surface area contributed by atoms with E-state index in [1.54, 1.807) is 16.4 Å². The van der Waals surface area contributed by atoms with Crippen LogP contribution in [0.3, 0.4) is 0 Å². The number of hydrogen-bond acceptors (Lipinski definition) is 4. The fourth-order valence-electron chi connectivity index (χ4n) is 3.78. The monoisotopic (exact) mass is 380 g/mol. The van der Waals surface area contributed by atoms with E-state index in [4.69, 9.17) is 0 Å². The second-order valence-electron chi connectivity index (χ2n) is 7.53. The number of aliphatic hydroxyl groups is 1. The van der Waals surface area contributed by atoms with Gasteiger partial charge in [-0.3, -0.25) is 4.79 Å². The molecule has 1 aliphatic heterocycles. The molecule has 1 heterocycles. The van der Waals surface area contributed by atoms with Gasteiger partial charge in [0, 0.05) is 24.2 Å². The summed E-state index contributed by atoms with van der Waals surface area (Å²) < 4.78 is 26.1. The smallest absolute Gasteiger partial charge is 0.251 e. The predicted octanol–water partition coefficient (Wildman–Crippen LogP) is 2.03. The van der Waals surface area contributed by atoms with Crippen molar-refractivity contribution < 1.29 is 18.3 Å². The molecule has 144 valence electrons. The maximum atomic E-state index is 12.4.